The molecule has 1 radical (unpaired) electrons. The van der Waals surface area contributed by atoms with Crippen LogP contribution in [0.1, 0.15) is 33.0 Å². The van der Waals surface area contributed by atoms with Crippen molar-refractivity contribution in [1.29, 1.82) is 0 Å². The highest BCUT2D eigenvalue weighted by atomic mass is 35.5. The van der Waals surface area contributed by atoms with E-state index in [1.807, 2.05) is 6.92 Å². The number of hydrogen-bond acceptors (Lipinski definition) is 5. The lowest BCUT2D eigenvalue weighted by molar-refractivity contribution is 0.112. The molecule has 0 saturated heterocycles. The van der Waals surface area contributed by atoms with Crippen LogP contribution in [-0.4, -0.2) is 30.2 Å². The van der Waals surface area contributed by atoms with Gasteiger partial charge in [0, 0.05) is 19.4 Å². The number of aryl methyl sites for hydroxylation is 1. The molecule has 0 aliphatic rings. The summed E-state index contributed by atoms with van der Waals surface area (Å²) >= 11 is 0. The Bertz CT molecular complexity index is 985. The predicted molar refractivity (Wildman–Crippen MR) is 107 cm³/mol. The second kappa shape index (κ2) is 8.36. The zero-order valence-corrected chi connectivity index (χ0v) is 16.7. The van der Waals surface area contributed by atoms with Gasteiger partial charge in [-0.1, -0.05) is 13.0 Å². The van der Waals surface area contributed by atoms with Crippen molar-refractivity contribution in [3.63, 3.8) is 0 Å². The van der Waals surface area contributed by atoms with E-state index >= 15 is 0 Å². The Morgan fingerprint density at radius 2 is 1.93 bits per heavy atom. The molecule has 6 nitrogen and oxygen atoms in total. The summed E-state index contributed by atoms with van der Waals surface area (Å²) in [6.07, 6.45) is 2.72. The Balaban J connectivity index is 0.00000280. The third-order valence-corrected chi connectivity index (χ3v) is 4.09. The number of aromatic nitrogens is 4. The molecule has 2 aromatic heterocycles. The summed E-state index contributed by atoms with van der Waals surface area (Å²) in [6.45, 7) is 5.78. The molecule has 0 fully saturated rings. The largest absolute Gasteiger partial charge is 0.390 e. The van der Waals surface area contributed by atoms with E-state index in [0.29, 0.717) is 30.0 Å². The van der Waals surface area contributed by atoms with Crippen LogP contribution in [0.4, 0.5) is 14.6 Å². The molecule has 2 heterocycles. The van der Waals surface area contributed by atoms with Crippen molar-refractivity contribution in [2.24, 2.45) is 0 Å². The maximum atomic E-state index is 14.3. The third-order valence-electron chi connectivity index (χ3n) is 4.09. The van der Waals surface area contributed by atoms with Crippen LogP contribution in [0.25, 0.3) is 22.6 Å². The van der Waals surface area contributed by atoms with Crippen molar-refractivity contribution < 1.29 is 13.9 Å². The van der Waals surface area contributed by atoms with E-state index in [1.165, 1.54) is 12.1 Å². The van der Waals surface area contributed by atoms with Gasteiger partial charge in [-0.15, -0.1) is 12.4 Å². The van der Waals surface area contributed by atoms with E-state index in [0.717, 1.165) is 12.5 Å². The minimum Gasteiger partial charge on any atom is -0.390 e. The second-order valence-electron chi connectivity index (χ2n) is 6.95. The van der Waals surface area contributed by atoms with Gasteiger partial charge in [0.1, 0.15) is 11.6 Å². The fraction of sp³-hybridized carbons (Fsp3) is 0.368. The number of nitrogen functional groups attached to an aromatic ring is 1. The zero-order valence-electron chi connectivity index (χ0n) is 15.9. The van der Waals surface area contributed by atoms with Gasteiger partial charge in [-0.25, -0.2) is 23.7 Å². The quantitative estimate of drug-likeness (QED) is 0.646. The van der Waals surface area contributed by atoms with E-state index in [4.69, 9.17) is 5.73 Å². The minimum atomic E-state index is -0.980. The fourth-order valence-electron chi connectivity index (χ4n) is 2.82. The van der Waals surface area contributed by atoms with E-state index in [1.54, 1.807) is 24.8 Å². The fourth-order valence-corrected chi connectivity index (χ4v) is 2.82. The van der Waals surface area contributed by atoms with Gasteiger partial charge in [0.15, 0.2) is 28.6 Å². The lowest BCUT2D eigenvalue weighted by atomic mass is 10.0. The summed E-state index contributed by atoms with van der Waals surface area (Å²) < 4.78 is 29.8. The lowest BCUT2D eigenvalue weighted by Gasteiger charge is -2.15. The average molecular weight is 411 g/mol. The normalized spacial score (nSPS) is 11.6. The van der Waals surface area contributed by atoms with Crippen molar-refractivity contribution in [2.45, 2.75) is 45.8 Å². The lowest BCUT2D eigenvalue weighted by Crippen LogP contribution is -2.21. The zero-order chi connectivity index (χ0) is 19.8. The molecule has 1 aromatic carbocycles. The van der Waals surface area contributed by atoms with Crippen molar-refractivity contribution in [3.05, 3.63) is 42.1 Å². The van der Waals surface area contributed by atoms with Crippen molar-refractivity contribution in [1.82, 2.24) is 19.5 Å². The van der Waals surface area contributed by atoms with Crippen LogP contribution in [0.3, 0.4) is 0 Å². The highest BCUT2D eigenvalue weighted by molar-refractivity contribution is 5.86. The van der Waals surface area contributed by atoms with Crippen molar-refractivity contribution in [3.8, 4) is 11.4 Å². The molecule has 9 heteroatoms. The standard InChI is InChI=1S/C19H22F2N5O.ClH/c1-4-10-26-17(11-6-5-7-12(20)14(11)21)25-15-16(22)23-13(24-18(15)26)8-9-19(2,3)27;/h5-7,9,27H,4,8,10H2,1-3H3,(H2,22,23,24);1H. The number of rotatable bonds is 6. The molecule has 3 aromatic rings. The van der Waals surface area contributed by atoms with Crippen LogP contribution in [0.2, 0.25) is 0 Å². The Morgan fingerprint density at radius 1 is 1.21 bits per heavy atom. The van der Waals surface area contributed by atoms with Gasteiger partial charge in [-0.3, -0.25) is 0 Å². The number of nitrogens with zero attached hydrogens (tertiary/aromatic N) is 4. The van der Waals surface area contributed by atoms with Gasteiger partial charge in [-0.2, -0.15) is 0 Å². The van der Waals surface area contributed by atoms with Crippen LogP contribution in [0.5, 0.6) is 0 Å². The Kier molecular flexibility index (Phi) is 6.56. The molecule has 0 bridgehead atoms. The first-order valence-corrected chi connectivity index (χ1v) is 8.75. The summed E-state index contributed by atoms with van der Waals surface area (Å²) in [6, 6.07) is 3.96. The average Bonchev–Trinajstić information content (AvgIpc) is 2.94. The smallest absolute Gasteiger partial charge is 0.169 e. The number of imidazole rings is 1. The van der Waals surface area contributed by atoms with Gasteiger partial charge in [-0.05, 0) is 32.4 Å². The Hall–Kier alpha value is -2.32. The van der Waals surface area contributed by atoms with Gasteiger partial charge in [0.2, 0.25) is 0 Å². The Labute approximate surface area is 168 Å². The van der Waals surface area contributed by atoms with E-state index in [9.17, 15) is 13.9 Å². The molecule has 0 aliphatic heterocycles. The molecule has 0 spiro atoms. The van der Waals surface area contributed by atoms with Crippen LogP contribution < -0.4 is 5.73 Å². The summed E-state index contributed by atoms with van der Waals surface area (Å²) in [5.41, 5.74) is 5.92. The highest BCUT2D eigenvalue weighted by Crippen LogP contribution is 2.29. The van der Waals surface area contributed by atoms with Gasteiger partial charge in [0.05, 0.1) is 11.2 Å². The molecule has 0 atom stereocenters. The molecule has 3 N–H and O–H groups in total. The van der Waals surface area contributed by atoms with Crippen molar-refractivity contribution >= 4 is 29.4 Å². The summed E-state index contributed by atoms with van der Waals surface area (Å²) in [4.78, 5) is 13.1. The molecule has 28 heavy (non-hydrogen) atoms. The first-order chi connectivity index (χ1) is 12.7. The molecular formula is C19H23ClF2N5O. The first-order valence-electron chi connectivity index (χ1n) is 8.75. The molecular weight excluding hydrogens is 388 g/mol. The molecule has 3 rings (SSSR count). The van der Waals surface area contributed by atoms with Crippen molar-refractivity contribution in [2.75, 3.05) is 5.73 Å². The maximum Gasteiger partial charge on any atom is 0.169 e. The molecule has 0 unspecified atom stereocenters. The monoisotopic (exact) mass is 410 g/mol. The van der Waals surface area contributed by atoms with Gasteiger partial charge in [0.25, 0.3) is 0 Å². The van der Waals surface area contributed by atoms with Crippen LogP contribution in [0, 0.1) is 18.1 Å². The molecule has 0 saturated carbocycles. The summed E-state index contributed by atoms with van der Waals surface area (Å²) in [5.74, 6) is -1.07. The summed E-state index contributed by atoms with van der Waals surface area (Å²) in [5, 5.41) is 9.87. The van der Waals surface area contributed by atoms with Crippen LogP contribution in [-0.2, 0) is 13.0 Å². The highest BCUT2D eigenvalue weighted by Gasteiger charge is 2.22. The third kappa shape index (κ3) is 4.39. The first kappa shape index (κ1) is 22.0. The number of fused-ring (bicyclic) bond motifs is 1. The SMILES string of the molecule is CCCn1c(-c2cccc(F)c2F)nc2c(N)nc(C[CH]C(C)(C)O)nc21.Cl. The molecule has 0 aliphatic carbocycles. The number of nitrogens with two attached hydrogens (primary N) is 1. The van der Waals surface area contributed by atoms with Crippen LogP contribution in [0.15, 0.2) is 18.2 Å². The predicted octanol–water partition coefficient (Wildman–Crippen LogP) is 3.70. The summed E-state index contributed by atoms with van der Waals surface area (Å²) in [7, 11) is 0. The van der Waals surface area contributed by atoms with E-state index in [2.05, 4.69) is 15.0 Å². The van der Waals surface area contributed by atoms with Gasteiger partial charge >= 0.3 is 0 Å². The van der Waals surface area contributed by atoms with E-state index in [-0.39, 0.29) is 29.6 Å². The number of benzene rings is 1. The van der Waals surface area contributed by atoms with E-state index < -0.39 is 17.2 Å². The van der Waals surface area contributed by atoms with Crippen LogP contribution >= 0.6 is 12.4 Å². The molecule has 151 valence electrons. The van der Waals surface area contributed by atoms with Gasteiger partial charge < -0.3 is 15.4 Å². The topological polar surface area (TPSA) is 89.9 Å². The number of hydrogen-bond donors (Lipinski definition) is 2. The second-order valence-corrected chi connectivity index (χ2v) is 6.95. The number of aliphatic hydroxyl groups is 1. The Morgan fingerprint density at radius 3 is 2.57 bits per heavy atom. The number of halogens is 3. The minimum absolute atomic E-state index is 0. The molecule has 0 amide bonds. The maximum absolute atomic E-state index is 14.3. The number of anilines is 1.